The topological polar surface area (TPSA) is 95.6 Å². The molecule has 8 heteroatoms. The molecule has 0 bridgehead atoms. The van der Waals surface area contributed by atoms with Crippen LogP contribution >= 0.6 is 0 Å². The van der Waals surface area contributed by atoms with Crippen molar-refractivity contribution in [2.24, 2.45) is 5.92 Å². The van der Waals surface area contributed by atoms with Gasteiger partial charge in [-0.25, -0.2) is 8.42 Å². The van der Waals surface area contributed by atoms with Crippen molar-refractivity contribution in [2.75, 3.05) is 23.7 Å². The van der Waals surface area contributed by atoms with E-state index >= 15 is 0 Å². The van der Waals surface area contributed by atoms with E-state index in [0.29, 0.717) is 30.8 Å². The first-order chi connectivity index (χ1) is 13.8. The Hall–Kier alpha value is -2.71. The minimum Gasteiger partial charge on any atom is -0.325 e. The molecule has 2 aromatic carbocycles. The molecule has 2 aromatic rings. The maximum Gasteiger partial charge on any atom is 0.243 e. The van der Waals surface area contributed by atoms with E-state index in [1.165, 1.54) is 11.2 Å². The van der Waals surface area contributed by atoms with E-state index < -0.39 is 15.9 Å². The summed E-state index contributed by atoms with van der Waals surface area (Å²) in [7, 11) is -3.65. The molecule has 0 unspecified atom stereocenters. The van der Waals surface area contributed by atoms with Gasteiger partial charge in [-0.2, -0.15) is 4.31 Å². The lowest BCUT2D eigenvalue weighted by molar-refractivity contribution is -0.121. The van der Waals surface area contributed by atoms with Crippen molar-refractivity contribution < 1.29 is 18.0 Å². The highest BCUT2D eigenvalue weighted by atomic mass is 32.2. The molecule has 1 saturated heterocycles. The van der Waals surface area contributed by atoms with Gasteiger partial charge in [0.05, 0.1) is 22.2 Å². The van der Waals surface area contributed by atoms with Gasteiger partial charge in [0.15, 0.2) is 0 Å². The van der Waals surface area contributed by atoms with Crippen LogP contribution in [0.3, 0.4) is 0 Å². The number of hydrogen-bond donors (Lipinski definition) is 2. The molecule has 2 amide bonds. The molecule has 29 heavy (non-hydrogen) atoms. The van der Waals surface area contributed by atoms with Crippen molar-refractivity contribution in [1.82, 2.24) is 4.31 Å². The Labute approximate surface area is 171 Å². The molecule has 1 aliphatic rings. The number of para-hydroxylation sites is 2. The molecule has 0 aromatic heterocycles. The lowest BCUT2D eigenvalue weighted by atomic mass is 9.98. The number of hydrogen-bond acceptors (Lipinski definition) is 4. The first kappa shape index (κ1) is 21.0. The SMILES string of the molecule is CC(=O)Nc1ccccc1NC(=O)[C@H]1CCCN(S(=O)(=O)c2ccc(C)cc2)C1. The van der Waals surface area contributed by atoms with Crippen molar-refractivity contribution in [3.63, 3.8) is 0 Å². The summed E-state index contributed by atoms with van der Waals surface area (Å²) < 4.78 is 27.3. The third-order valence-electron chi connectivity index (χ3n) is 4.91. The van der Waals surface area contributed by atoms with Crippen LogP contribution in [0.25, 0.3) is 0 Å². The Balaban J connectivity index is 1.73. The van der Waals surface area contributed by atoms with E-state index in [-0.39, 0.29) is 23.3 Å². The summed E-state index contributed by atoms with van der Waals surface area (Å²) in [6.07, 6.45) is 1.21. The van der Waals surface area contributed by atoms with E-state index in [9.17, 15) is 18.0 Å². The number of carbonyl (C=O) groups excluding carboxylic acids is 2. The van der Waals surface area contributed by atoms with Gasteiger partial charge < -0.3 is 10.6 Å². The summed E-state index contributed by atoms with van der Waals surface area (Å²) in [6.45, 7) is 3.82. The fraction of sp³-hybridized carbons (Fsp3) is 0.333. The van der Waals surface area contributed by atoms with Crippen LogP contribution in [-0.2, 0) is 19.6 Å². The third-order valence-corrected chi connectivity index (χ3v) is 6.79. The molecule has 1 aliphatic heterocycles. The normalized spacial score (nSPS) is 17.5. The molecule has 154 valence electrons. The van der Waals surface area contributed by atoms with Crippen LogP contribution in [0, 0.1) is 12.8 Å². The number of rotatable bonds is 5. The highest BCUT2D eigenvalue weighted by Crippen LogP contribution is 2.27. The lowest BCUT2D eigenvalue weighted by Gasteiger charge is -2.31. The van der Waals surface area contributed by atoms with Gasteiger partial charge in [0.25, 0.3) is 0 Å². The fourth-order valence-corrected chi connectivity index (χ4v) is 4.88. The zero-order chi connectivity index (χ0) is 21.0. The van der Waals surface area contributed by atoms with Gasteiger partial charge in [-0.05, 0) is 44.0 Å². The predicted molar refractivity (Wildman–Crippen MR) is 112 cm³/mol. The van der Waals surface area contributed by atoms with Gasteiger partial charge in [-0.15, -0.1) is 0 Å². The van der Waals surface area contributed by atoms with Crippen LogP contribution in [0.5, 0.6) is 0 Å². The van der Waals surface area contributed by atoms with Crippen molar-refractivity contribution >= 4 is 33.2 Å². The second-order valence-corrected chi connectivity index (χ2v) is 9.17. The third kappa shape index (κ3) is 5.02. The van der Waals surface area contributed by atoms with Crippen molar-refractivity contribution in [3.8, 4) is 0 Å². The molecule has 7 nitrogen and oxygen atoms in total. The number of piperidine rings is 1. The van der Waals surface area contributed by atoms with Gasteiger partial charge in [0.1, 0.15) is 0 Å². The fourth-order valence-electron chi connectivity index (χ4n) is 3.36. The first-order valence-corrected chi connectivity index (χ1v) is 11.0. The average molecular weight is 416 g/mol. The van der Waals surface area contributed by atoms with Crippen LogP contribution in [-0.4, -0.2) is 37.6 Å². The predicted octanol–water partition coefficient (Wildman–Crippen LogP) is 2.99. The zero-order valence-electron chi connectivity index (χ0n) is 16.5. The van der Waals surface area contributed by atoms with Gasteiger partial charge >= 0.3 is 0 Å². The number of nitrogens with zero attached hydrogens (tertiary/aromatic N) is 1. The highest BCUT2D eigenvalue weighted by Gasteiger charge is 2.33. The summed E-state index contributed by atoms with van der Waals surface area (Å²) in [5.74, 6) is -0.958. The van der Waals surface area contributed by atoms with Crippen molar-refractivity contribution in [2.45, 2.75) is 31.6 Å². The Bertz CT molecular complexity index is 1000. The van der Waals surface area contributed by atoms with Crippen LogP contribution in [0.2, 0.25) is 0 Å². The van der Waals surface area contributed by atoms with E-state index in [1.54, 1.807) is 48.5 Å². The van der Waals surface area contributed by atoms with Crippen LogP contribution in [0.15, 0.2) is 53.4 Å². The first-order valence-electron chi connectivity index (χ1n) is 9.51. The number of anilines is 2. The minimum absolute atomic E-state index is 0.129. The Morgan fingerprint density at radius 3 is 2.24 bits per heavy atom. The van der Waals surface area contributed by atoms with E-state index in [0.717, 1.165) is 5.56 Å². The minimum atomic E-state index is -3.65. The van der Waals surface area contributed by atoms with E-state index in [1.807, 2.05) is 6.92 Å². The molecular weight excluding hydrogens is 390 g/mol. The number of amides is 2. The second kappa shape index (κ2) is 8.75. The number of sulfonamides is 1. The summed E-state index contributed by atoms with van der Waals surface area (Å²) in [4.78, 5) is 24.4. The number of aryl methyl sites for hydroxylation is 1. The molecule has 0 aliphatic carbocycles. The summed E-state index contributed by atoms with van der Waals surface area (Å²) in [6, 6.07) is 13.6. The molecule has 1 heterocycles. The smallest absolute Gasteiger partial charge is 0.243 e. The van der Waals surface area contributed by atoms with Gasteiger partial charge in [-0.3, -0.25) is 9.59 Å². The molecule has 0 saturated carbocycles. The molecule has 1 fully saturated rings. The monoisotopic (exact) mass is 415 g/mol. The van der Waals surface area contributed by atoms with E-state index in [2.05, 4.69) is 10.6 Å². The second-order valence-electron chi connectivity index (χ2n) is 7.23. The van der Waals surface area contributed by atoms with Gasteiger partial charge in [0.2, 0.25) is 21.8 Å². The van der Waals surface area contributed by atoms with Crippen LogP contribution < -0.4 is 10.6 Å². The number of nitrogens with one attached hydrogen (secondary N) is 2. The lowest BCUT2D eigenvalue weighted by Crippen LogP contribution is -2.43. The van der Waals surface area contributed by atoms with E-state index in [4.69, 9.17) is 0 Å². The molecule has 0 spiro atoms. The standard InChI is InChI=1S/C21H25N3O4S/c1-15-9-11-18(12-10-15)29(27,28)24-13-5-6-17(14-24)21(26)23-20-8-4-3-7-19(20)22-16(2)25/h3-4,7-12,17H,5-6,13-14H2,1-2H3,(H,22,25)(H,23,26)/t17-/m0/s1. The Kier molecular flexibility index (Phi) is 6.34. The largest absolute Gasteiger partial charge is 0.325 e. The molecule has 0 radical (unpaired) electrons. The van der Waals surface area contributed by atoms with Gasteiger partial charge in [0, 0.05) is 20.0 Å². The Morgan fingerprint density at radius 2 is 1.62 bits per heavy atom. The highest BCUT2D eigenvalue weighted by molar-refractivity contribution is 7.89. The maximum atomic E-state index is 12.9. The maximum absolute atomic E-state index is 12.9. The quantitative estimate of drug-likeness (QED) is 0.785. The number of carbonyl (C=O) groups is 2. The van der Waals surface area contributed by atoms with Crippen LogP contribution in [0.1, 0.15) is 25.3 Å². The summed E-state index contributed by atoms with van der Waals surface area (Å²) >= 11 is 0. The average Bonchev–Trinajstić information content (AvgIpc) is 2.69. The molecule has 3 rings (SSSR count). The van der Waals surface area contributed by atoms with Crippen LogP contribution in [0.4, 0.5) is 11.4 Å². The summed E-state index contributed by atoms with van der Waals surface area (Å²) in [5, 5.41) is 5.51. The molecule has 2 N–H and O–H groups in total. The zero-order valence-corrected chi connectivity index (χ0v) is 17.3. The molecule has 1 atom stereocenters. The number of benzene rings is 2. The van der Waals surface area contributed by atoms with Crippen molar-refractivity contribution in [1.29, 1.82) is 0 Å². The Morgan fingerprint density at radius 1 is 1.00 bits per heavy atom. The van der Waals surface area contributed by atoms with Crippen molar-refractivity contribution in [3.05, 3.63) is 54.1 Å². The summed E-state index contributed by atoms with van der Waals surface area (Å²) in [5.41, 5.74) is 1.98. The molecular formula is C21H25N3O4S. The van der Waals surface area contributed by atoms with Gasteiger partial charge in [-0.1, -0.05) is 29.8 Å².